The Bertz CT molecular complexity index is 3120. The Morgan fingerprint density at radius 1 is 0.412 bits per heavy atom. The van der Waals surface area contributed by atoms with Crippen LogP contribution in [0.15, 0.2) is 146 Å². The number of carbonyl (C=O) groups is 6. The van der Waals surface area contributed by atoms with E-state index in [1.807, 2.05) is 94.7 Å². The van der Waals surface area contributed by atoms with Gasteiger partial charge in [-0.25, -0.2) is 19.2 Å². The third kappa shape index (κ3) is 21.1. The molecule has 2 heterocycles. The Balaban J connectivity index is 0.675. The third-order valence-electron chi connectivity index (χ3n) is 14.2. The monoisotopic (exact) mass is 1200 g/mol. The van der Waals surface area contributed by atoms with Crippen LogP contribution in [-0.4, -0.2) is 145 Å². The number of nitrogens with zero attached hydrogens (tertiary/aromatic N) is 2. The summed E-state index contributed by atoms with van der Waals surface area (Å²) in [4.78, 5) is 77.4. The fourth-order valence-electron chi connectivity index (χ4n) is 9.26. The van der Waals surface area contributed by atoms with E-state index in [1.54, 1.807) is 59.9 Å². The van der Waals surface area contributed by atoms with Crippen molar-refractivity contribution in [1.29, 1.82) is 0 Å². The Kier molecular flexibility index (Phi) is 24.2. The van der Waals surface area contributed by atoms with Crippen molar-refractivity contribution >= 4 is 93.8 Å². The van der Waals surface area contributed by atoms with Crippen molar-refractivity contribution in [3.63, 3.8) is 0 Å². The fourth-order valence-corrected chi connectivity index (χ4v) is 10.8. The van der Waals surface area contributed by atoms with Crippen LogP contribution in [0.4, 0.5) is 53.3 Å². The molecular weight excluding hydrogens is 1120 g/mol. The van der Waals surface area contributed by atoms with Crippen LogP contribution in [0, 0.1) is 5.41 Å². The Morgan fingerprint density at radius 2 is 0.694 bits per heavy atom. The van der Waals surface area contributed by atoms with Gasteiger partial charge in [0.15, 0.2) is 0 Å². The Labute approximate surface area is 503 Å². The van der Waals surface area contributed by atoms with Crippen molar-refractivity contribution in [2.24, 2.45) is 5.41 Å². The van der Waals surface area contributed by atoms with E-state index >= 15 is 0 Å². The number of rotatable bonds is 30. The first-order chi connectivity index (χ1) is 41.4. The van der Waals surface area contributed by atoms with Gasteiger partial charge in [-0.1, -0.05) is 72.8 Å². The molecule has 85 heavy (non-hydrogen) atoms. The highest BCUT2D eigenvalue weighted by Crippen LogP contribution is 2.24. The van der Waals surface area contributed by atoms with Crippen molar-refractivity contribution in [2.75, 3.05) is 115 Å². The smallest absolute Gasteiger partial charge is 0.411 e. The molecule has 0 atom stereocenters. The molecule has 0 unspecified atom stereocenters. The minimum Gasteiger partial charge on any atom is -0.448 e. The first-order valence-electron chi connectivity index (χ1n) is 28.4. The summed E-state index contributed by atoms with van der Waals surface area (Å²) in [5.41, 5.74) is 8.94. The second-order valence-electron chi connectivity index (χ2n) is 20.8. The van der Waals surface area contributed by atoms with Gasteiger partial charge in [-0.3, -0.25) is 30.9 Å². The summed E-state index contributed by atoms with van der Waals surface area (Å²) in [5, 5.41) is 34.6. The van der Waals surface area contributed by atoms with E-state index in [4.69, 9.17) is 18.9 Å². The number of ether oxygens (including phenoxy) is 4. The molecule has 0 aliphatic carbocycles. The number of aliphatic hydroxyl groups is 2. The van der Waals surface area contributed by atoms with Crippen molar-refractivity contribution in [3.05, 3.63) is 179 Å². The highest BCUT2D eigenvalue weighted by Gasteiger charge is 2.33. The maximum Gasteiger partial charge on any atom is 0.411 e. The summed E-state index contributed by atoms with van der Waals surface area (Å²) in [6.45, 7) is 1.55. The van der Waals surface area contributed by atoms with Crippen LogP contribution in [-0.2, 0) is 47.8 Å². The van der Waals surface area contributed by atoms with E-state index < -0.39 is 56.2 Å². The quantitative estimate of drug-likeness (QED) is 0.0164. The topological polar surface area (TPSA) is 246 Å². The molecule has 7 N–H and O–H groups in total. The van der Waals surface area contributed by atoms with Gasteiger partial charge in [-0.15, -0.1) is 0 Å². The SMILES string of the molecule is O=C(Nc1ccc(Cc2ccc(NC(=O)OCC(CO)(CO)COC(=O)Nc3ccc(Cc4ccc(Nc5ccc(Cc6ccc(NC(=O)OCCSCCN7CCCC7=O)cc6)cc5)cc4)cc3)cc2)cc1)OCCSCCN1CCCC1=O. The van der Waals surface area contributed by atoms with E-state index in [0.717, 1.165) is 102 Å². The zero-order valence-corrected chi connectivity index (χ0v) is 49.0. The van der Waals surface area contributed by atoms with E-state index in [9.17, 15) is 39.0 Å². The van der Waals surface area contributed by atoms with E-state index in [1.165, 1.54) is 0 Å². The highest BCUT2D eigenvalue weighted by atomic mass is 32.2. The largest absolute Gasteiger partial charge is 0.448 e. The zero-order chi connectivity index (χ0) is 59.6. The number of anilines is 6. The molecule has 2 aliphatic rings. The van der Waals surface area contributed by atoms with Gasteiger partial charge in [0.25, 0.3) is 0 Å². The third-order valence-corrected chi connectivity index (χ3v) is 16.0. The fraction of sp³-hybridized carbons (Fsp3) is 0.344. The maximum atomic E-state index is 12.8. The summed E-state index contributed by atoms with van der Waals surface area (Å²) < 4.78 is 21.3. The standard InChI is InChI=1S/C64H73N7O12S2/c72-42-64(43-73,45-83-63(79)69-57-27-15-51(16-28-57)41-49-11-23-55(24-12-49)67-61(77)81-34-38-85-36-32-71-30-2-4-59(71)75)44-82-62(78)68-56-25-13-50(14-26-56)40-47-7-19-53(20-8-47)65-52-17-5-46(6-18-52)39-48-9-21-54(22-10-48)66-60(76)80-33-37-84-35-31-70-29-1-3-58(70)74/h5-28,65,72-73H,1-4,29-45H2,(H,66,76)(H,67,77)(H,68,78)(H,69,79). The predicted octanol–water partition coefficient (Wildman–Crippen LogP) is 10.8. The number of thioether (sulfide) groups is 2. The van der Waals surface area contributed by atoms with E-state index in [-0.39, 0.29) is 18.4 Å². The van der Waals surface area contributed by atoms with Gasteiger partial charge in [0.05, 0.1) is 18.6 Å². The molecule has 19 nitrogen and oxygen atoms in total. The van der Waals surface area contributed by atoms with Crippen molar-refractivity contribution in [1.82, 2.24) is 9.80 Å². The highest BCUT2D eigenvalue weighted by molar-refractivity contribution is 7.99. The summed E-state index contributed by atoms with van der Waals surface area (Å²) in [6, 6.07) is 45.9. The number of carbonyl (C=O) groups excluding carboxylic acids is 6. The molecule has 2 aliphatic heterocycles. The van der Waals surface area contributed by atoms with Gasteiger partial charge in [0, 0.05) is 96.2 Å². The molecule has 0 bridgehead atoms. The van der Waals surface area contributed by atoms with Crippen LogP contribution in [0.5, 0.6) is 0 Å². The van der Waals surface area contributed by atoms with Gasteiger partial charge < -0.3 is 44.3 Å². The number of hydrogen-bond acceptors (Lipinski definition) is 15. The molecular formula is C64H73N7O12S2. The first kappa shape index (κ1) is 62.8. The molecule has 0 radical (unpaired) electrons. The molecule has 6 aromatic carbocycles. The second kappa shape index (κ2) is 32.7. The van der Waals surface area contributed by atoms with Crippen LogP contribution in [0.3, 0.4) is 0 Å². The molecule has 0 aromatic heterocycles. The number of nitrogens with one attached hydrogen (secondary N) is 5. The van der Waals surface area contributed by atoms with Crippen molar-refractivity contribution in [3.8, 4) is 0 Å². The summed E-state index contributed by atoms with van der Waals surface area (Å²) in [6.07, 6.45) is 2.44. The average Bonchev–Trinajstić information content (AvgIpc) is 4.16. The van der Waals surface area contributed by atoms with Crippen LogP contribution in [0.25, 0.3) is 0 Å². The van der Waals surface area contributed by atoms with Crippen LogP contribution in [0.1, 0.15) is 59.1 Å². The molecule has 21 heteroatoms. The van der Waals surface area contributed by atoms with E-state index in [2.05, 4.69) is 50.8 Å². The van der Waals surface area contributed by atoms with Crippen LogP contribution < -0.4 is 26.6 Å². The lowest BCUT2D eigenvalue weighted by Gasteiger charge is -2.28. The molecule has 2 fully saturated rings. The maximum absolute atomic E-state index is 12.8. The molecule has 6 aromatic rings. The van der Waals surface area contributed by atoms with Crippen LogP contribution in [0.2, 0.25) is 0 Å². The average molecular weight is 1200 g/mol. The summed E-state index contributed by atoms with van der Waals surface area (Å²) in [5.74, 6) is 3.38. The lowest BCUT2D eigenvalue weighted by atomic mass is 9.92. The zero-order valence-electron chi connectivity index (χ0n) is 47.4. The minimum atomic E-state index is -1.46. The van der Waals surface area contributed by atoms with Gasteiger partial charge in [0.2, 0.25) is 11.8 Å². The normalized spacial score (nSPS) is 13.1. The molecule has 0 spiro atoms. The molecule has 2 saturated heterocycles. The lowest BCUT2D eigenvalue weighted by Crippen LogP contribution is -2.42. The molecule has 448 valence electrons. The lowest BCUT2D eigenvalue weighted by molar-refractivity contribution is -0.128. The minimum absolute atomic E-state index is 0.209. The van der Waals surface area contributed by atoms with Gasteiger partial charge in [-0.05, 0) is 138 Å². The van der Waals surface area contributed by atoms with Crippen molar-refractivity contribution < 1.29 is 57.9 Å². The molecule has 6 amide bonds. The van der Waals surface area contributed by atoms with Crippen LogP contribution >= 0.6 is 23.5 Å². The Morgan fingerprint density at radius 3 is 0.965 bits per heavy atom. The predicted molar refractivity (Wildman–Crippen MR) is 333 cm³/mol. The Hall–Kier alpha value is -8.24. The number of aliphatic hydroxyl groups excluding tert-OH is 2. The molecule has 0 saturated carbocycles. The van der Waals surface area contributed by atoms with Gasteiger partial charge >= 0.3 is 24.4 Å². The van der Waals surface area contributed by atoms with Crippen molar-refractivity contribution in [2.45, 2.75) is 44.9 Å². The molecule has 8 rings (SSSR count). The summed E-state index contributed by atoms with van der Waals surface area (Å²) in [7, 11) is 0. The first-order valence-corrected chi connectivity index (χ1v) is 30.7. The second-order valence-corrected chi connectivity index (χ2v) is 23.2. The van der Waals surface area contributed by atoms with E-state index in [0.29, 0.717) is 66.5 Å². The van der Waals surface area contributed by atoms with Gasteiger partial charge in [0.1, 0.15) is 26.4 Å². The summed E-state index contributed by atoms with van der Waals surface area (Å²) >= 11 is 3.31. The number of benzene rings is 6. The number of amides is 6. The number of likely N-dealkylation sites (tertiary alicyclic amines) is 2. The number of hydrogen-bond donors (Lipinski definition) is 7. The van der Waals surface area contributed by atoms with Gasteiger partial charge in [-0.2, -0.15) is 23.5 Å².